The lowest BCUT2D eigenvalue weighted by Gasteiger charge is -2.00. The molecule has 2 rings (SSSR count). The first-order valence-corrected chi connectivity index (χ1v) is 6.18. The highest BCUT2D eigenvalue weighted by molar-refractivity contribution is 7.13. The smallest absolute Gasteiger partial charge is 0.126 e. The summed E-state index contributed by atoms with van der Waals surface area (Å²) >= 11 is 1.57. The summed E-state index contributed by atoms with van der Waals surface area (Å²) in [5, 5.41) is 2.93. The molecule has 0 saturated carbocycles. The van der Waals surface area contributed by atoms with Crippen LogP contribution in [0, 0.1) is 12.7 Å². The summed E-state index contributed by atoms with van der Waals surface area (Å²) in [6.45, 7) is 5.98. The molecular weight excluding hydrogens is 221 g/mol. The van der Waals surface area contributed by atoms with Gasteiger partial charge in [-0.15, -0.1) is 11.3 Å². The Morgan fingerprint density at radius 3 is 2.62 bits per heavy atom. The first-order chi connectivity index (χ1) is 7.58. The van der Waals surface area contributed by atoms with Gasteiger partial charge in [0, 0.05) is 10.9 Å². The van der Waals surface area contributed by atoms with Crippen LogP contribution in [0.2, 0.25) is 0 Å². The van der Waals surface area contributed by atoms with E-state index in [9.17, 15) is 4.39 Å². The molecule has 16 heavy (non-hydrogen) atoms. The van der Waals surface area contributed by atoms with Gasteiger partial charge in [-0.05, 0) is 24.5 Å². The Kier molecular flexibility index (Phi) is 3.06. The molecule has 0 aliphatic heterocycles. The summed E-state index contributed by atoms with van der Waals surface area (Å²) in [4.78, 5) is 4.50. The van der Waals surface area contributed by atoms with Crippen LogP contribution in [-0.2, 0) is 0 Å². The van der Waals surface area contributed by atoms with Crippen molar-refractivity contribution in [3.63, 3.8) is 0 Å². The van der Waals surface area contributed by atoms with Gasteiger partial charge >= 0.3 is 0 Å². The van der Waals surface area contributed by atoms with Gasteiger partial charge in [0.1, 0.15) is 10.8 Å². The molecule has 84 valence electrons. The molecule has 1 heterocycles. The van der Waals surface area contributed by atoms with E-state index in [1.807, 2.05) is 11.4 Å². The van der Waals surface area contributed by atoms with Gasteiger partial charge in [0.15, 0.2) is 0 Å². The van der Waals surface area contributed by atoms with Crippen LogP contribution in [-0.4, -0.2) is 4.98 Å². The number of aromatic nitrogens is 1. The Labute approximate surface area is 99.0 Å². The number of hydrogen-bond donors (Lipinski definition) is 0. The number of hydrogen-bond acceptors (Lipinski definition) is 2. The van der Waals surface area contributed by atoms with E-state index in [1.54, 1.807) is 30.4 Å². The standard InChI is InChI=1S/C13H14FNS/c1-8(2)12-7-16-13(15-12)10-5-4-9(3)11(14)6-10/h4-8H,1-3H3. The summed E-state index contributed by atoms with van der Waals surface area (Å²) in [6, 6.07) is 5.26. The minimum atomic E-state index is -0.168. The molecule has 1 aromatic heterocycles. The van der Waals surface area contributed by atoms with Crippen LogP contribution in [0.5, 0.6) is 0 Å². The Hall–Kier alpha value is -1.22. The van der Waals surface area contributed by atoms with Crippen molar-refractivity contribution in [2.75, 3.05) is 0 Å². The average molecular weight is 235 g/mol. The summed E-state index contributed by atoms with van der Waals surface area (Å²) in [7, 11) is 0. The maximum absolute atomic E-state index is 13.4. The first kappa shape index (κ1) is 11.3. The van der Waals surface area contributed by atoms with E-state index in [0.29, 0.717) is 11.5 Å². The lowest BCUT2D eigenvalue weighted by Crippen LogP contribution is -1.88. The van der Waals surface area contributed by atoms with E-state index >= 15 is 0 Å². The zero-order valence-electron chi connectivity index (χ0n) is 9.62. The molecule has 0 aliphatic rings. The van der Waals surface area contributed by atoms with Crippen molar-refractivity contribution in [1.29, 1.82) is 0 Å². The summed E-state index contributed by atoms with van der Waals surface area (Å²) in [5.74, 6) is 0.249. The third-order valence-electron chi connectivity index (χ3n) is 2.53. The average Bonchev–Trinajstić information content (AvgIpc) is 2.71. The van der Waals surface area contributed by atoms with Crippen molar-refractivity contribution in [2.24, 2.45) is 0 Å². The van der Waals surface area contributed by atoms with Crippen molar-refractivity contribution >= 4 is 11.3 Å². The summed E-state index contributed by atoms with van der Waals surface area (Å²) in [6.07, 6.45) is 0. The third-order valence-corrected chi connectivity index (χ3v) is 3.44. The van der Waals surface area contributed by atoms with Crippen molar-refractivity contribution in [2.45, 2.75) is 26.7 Å². The monoisotopic (exact) mass is 235 g/mol. The van der Waals surface area contributed by atoms with Gasteiger partial charge in [0.2, 0.25) is 0 Å². The molecular formula is C13H14FNS. The first-order valence-electron chi connectivity index (χ1n) is 5.30. The van der Waals surface area contributed by atoms with Crippen molar-refractivity contribution in [3.05, 3.63) is 40.7 Å². The SMILES string of the molecule is Cc1ccc(-c2nc(C(C)C)cs2)cc1F. The van der Waals surface area contributed by atoms with Crippen LogP contribution in [0.25, 0.3) is 10.6 Å². The second-order valence-corrected chi connectivity index (χ2v) is 5.05. The van der Waals surface area contributed by atoms with Gasteiger partial charge in [0.05, 0.1) is 5.69 Å². The van der Waals surface area contributed by atoms with E-state index in [2.05, 4.69) is 18.8 Å². The van der Waals surface area contributed by atoms with E-state index in [0.717, 1.165) is 16.3 Å². The van der Waals surface area contributed by atoms with Gasteiger partial charge < -0.3 is 0 Å². The predicted molar refractivity (Wildman–Crippen MR) is 66.3 cm³/mol. The molecule has 0 N–H and O–H groups in total. The zero-order valence-corrected chi connectivity index (χ0v) is 10.4. The molecule has 0 radical (unpaired) electrons. The largest absolute Gasteiger partial charge is 0.241 e. The molecule has 0 unspecified atom stereocenters. The topological polar surface area (TPSA) is 12.9 Å². The molecule has 1 nitrogen and oxygen atoms in total. The van der Waals surface area contributed by atoms with Crippen LogP contribution in [0.3, 0.4) is 0 Å². The fourth-order valence-electron chi connectivity index (χ4n) is 1.41. The Morgan fingerprint density at radius 2 is 2.06 bits per heavy atom. The molecule has 3 heteroatoms. The second kappa shape index (κ2) is 4.34. The molecule has 0 bridgehead atoms. The van der Waals surface area contributed by atoms with Gasteiger partial charge in [-0.25, -0.2) is 9.37 Å². The Bertz CT molecular complexity index is 502. The Balaban J connectivity index is 2.39. The molecule has 0 amide bonds. The van der Waals surface area contributed by atoms with E-state index in [-0.39, 0.29) is 5.82 Å². The lowest BCUT2D eigenvalue weighted by molar-refractivity contribution is 0.619. The number of nitrogens with zero attached hydrogens (tertiary/aromatic N) is 1. The highest BCUT2D eigenvalue weighted by Gasteiger charge is 2.08. The van der Waals surface area contributed by atoms with Crippen LogP contribution in [0.4, 0.5) is 4.39 Å². The van der Waals surface area contributed by atoms with Crippen molar-refractivity contribution in [3.8, 4) is 10.6 Å². The second-order valence-electron chi connectivity index (χ2n) is 4.20. The van der Waals surface area contributed by atoms with Gasteiger partial charge in [-0.2, -0.15) is 0 Å². The van der Waals surface area contributed by atoms with Crippen LogP contribution < -0.4 is 0 Å². The normalized spacial score (nSPS) is 11.1. The number of benzene rings is 1. The summed E-state index contributed by atoms with van der Waals surface area (Å²) < 4.78 is 13.4. The molecule has 2 aromatic rings. The van der Waals surface area contributed by atoms with Gasteiger partial charge in [-0.3, -0.25) is 0 Å². The minimum Gasteiger partial charge on any atom is -0.241 e. The van der Waals surface area contributed by atoms with Crippen LogP contribution in [0.1, 0.15) is 31.0 Å². The number of aryl methyl sites for hydroxylation is 1. The number of rotatable bonds is 2. The van der Waals surface area contributed by atoms with Crippen LogP contribution >= 0.6 is 11.3 Å². The third kappa shape index (κ3) is 2.14. The quantitative estimate of drug-likeness (QED) is 0.752. The lowest BCUT2D eigenvalue weighted by atomic mass is 10.1. The molecule has 0 spiro atoms. The van der Waals surface area contributed by atoms with Crippen molar-refractivity contribution < 1.29 is 4.39 Å². The fourth-order valence-corrected chi connectivity index (χ4v) is 2.39. The van der Waals surface area contributed by atoms with E-state index in [1.165, 1.54) is 0 Å². The zero-order chi connectivity index (χ0) is 11.7. The van der Waals surface area contributed by atoms with Gasteiger partial charge in [-0.1, -0.05) is 26.0 Å². The predicted octanol–water partition coefficient (Wildman–Crippen LogP) is 4.38. The van der Waals surface area contributed by atoms with Crippen molar-refractivity contribution in [1.82, 2.24) is 4.98 Å². The highest BCUT2D eigenvalue weighted by atomic mass is 32.1. The molecule has 0 atom stereocenters. The van der Waals surface area contributed by atoms with E-state index in [4.69, 9.17) is 0 Å². The Morgan fingerprint density at radius 1 is 1.31 bits per heavy atom. The highest BCUT2D eigenvalue weighted by Crippen LogP contribution is 2.27. The molecule has 1 aromatic carbocycles. The van der Waals surface area contributed by atoms with Gasteiger partial charge in [0.25, 0.3) is 0 Å². The molecule has 0 saturated heterocycles. The molecule has 0 aliphatic carbocycles. The van der Waals surface area contributed by atoms with Crippen LogP contribution in [0.15, 0.2) is 23.6 Å². The molecule has 0 fully saturated rings. The maximum atomic E-state index is 13.4. The number of thiazole rings is 1. The van der Waals surface area contributed by atoms with E-state index < -0.39 is 0 Å². The summed E-state index contributed by atoms with van der Waals surface area (Å²) in [5.41, 5.74) is 2.60. The fraction of sp³-hybridized carbons (Fsp3) is 0.308. The minimum absolute atomic E-state index is 0.168. The maximum Gasteiger partial charge on any atom is 0.126 e. The number of halogens is 1.